The van der Waals surface area contributed by atoms with Gasteiger partial charge >= 0.3 is 0 Å². The van der Waals surface area contributed by atoms with E-state index in [2.05, 4.69) is 0 Å². The van der Waals surface area contributed by atoms with Gasteiger partial charge in [-0.05, 0) is 42.7 Å². The number of fused-ring (bicyclic) bond motifs is 2. The number of amides is 1. The summed E-state index contributed by atoms with van der Waals surface area (Å²) in [6, 6.07) is 14.6. The van der Waals surface area contributed by atoms with E-state index in [1.165, 1.54) is 4.31 Å². The molecule has 2 aromatic carbocycles. The number of nitrogens with zero attached hydrogens (tertiary/aromatic N) is 2. The van der Waals surface area contributed by atoms with Gasteiger partial charge in [0.25, 0.3) is 0 Å². The zero-order valence-electron chi connectivity index (χ0n) is 14.3. The minimum Gasteiger partial charge on any atom is -0.314 e. The van der Waals surface area contributed by atoms with Crippen molar-refractivity contribution in [3.8, 4) is 0 Å². The second-order valence-corrected chi connectivity index (χ2v) is 8.81. The van der Waals surface area contributed by atoms with Crippen molar-refractivity contribution >= 4 is 21.6 Å². The van der Waals surface area contributed by atoms with E-state index in [1.807, 2.05) is 37.3 Å². The molecule has 0 bridgehead atoms. The van der Waals surface area contributed by atoms with Crippen LogP contribution in [0.2, 0.25) is 0 Å². The molecule has 130 valence electrons. The zero-order valence-corrected chi connectivity index (χ0v) is 15.1. The Hall–Kier alpha value is -2.18. The Morgan fingerprint density at radius 2 is 1.84 bits per heavy atom. The maximum atomic E-state index is 13.0. The van der Waals surface area contributed by atoms with Gasteiger partial charge in [0.05, 0.1) is 10.3 Å². The first kappa shape index (κ1) is 16.3. The second kappa shape index (κ2) is 5.41. The molecule has 1 spiro atoms. The largest absolute Gasteiger partial charge is 0.314 e. The average Bonchev–Trinajstić information content (AvgIpc) is 3.14. The molecule has 2 aliphatic heterocycles. The third-order valence-corrected chi connectivity index (χ3v) is 7.20. The number of anilines is 1. The zero-order chi connectivity index (χ0) is 17.8. The normalized spacial score (nSPS) is 23.4. The number of rotatable bonds is 2. The lowest BCUT2D eigenvalue weighted by molar-refractivity contribution is -0.122. The van der Waals surface area contributed by atoms with Crippen LogP contribution in [0.15, 0.2) is 53.4 Å². The lowest BCUT2D eigenvalue weighted by Gasteiger charge is -2.23. The van der Waals surface area contributed by atoms with Crippen molar-refractivity contribution in [2.24, 2.45) is 0 Å². The van der Waals surface area contributed by atoms with Crippen molar-refractivity contribution < 1.29 is 13.2 Å². The van der Waals surface area contributed by atoms with Gasteiger partial charge in [0, 0.05) is 25.8 Å². The number of para-hydroxylation sites is 1. The summed E-state index contributed by atoms with van der Waals surface area (Å²) in [5.74, 6) is -0.0179. The highest BCUT2D eigenvalue weighted by Gasteiger charge is 2.55. The monoisotopic (exact) mass is 356 g/mol. The first-order valence-electron chi connectivity index (χ1n) is 8.31. The second-order valence-electron chi connectivity index (χ2n) is 6.87. The maximum Gasteiger partial charge on any atom is 0.243 e. The number of carbonyl (C=O) groups excluding carboxylic acids is 1. The molecule has 1 fully saturated rings. The fourth-order valence-corrected chi connectivity index (χ4v) is 5.62. The molecule has 0 aliphatic carbocycles. The molecular formula is C19H20N2O3S. The third-order valence-electron chi connectivity index (χ3n) is 5.36. The van der Waals surface area contributed by atoms with Crippen molar-refractivity contribution in [3.05, 3.63) is 59.7 Å². The van der Waals surface area contributed by atoms with E-state index in [0.29, 0.717) is 13.0 Å². The predicted molar refractivity (Wildman–Crippen MR) is 96.1 cm³/mol. The van der Waals surface area contributed by atoms with Crippen LogP contribution >= 0.6 is 0 Å². The lowest BCUT2D eigenvalue weighted by Crippen LogP contribution is -2.42. The van der Waals surface area contributed by atoms with Gasteiger partial charge in [0.1, 0.15) is 0 Å². The smallest absolute Gasteiger partial charge is 0.243 e. The predicted octanol–water partition coefficient (Wildman–Crippen LogP) is 2.30. The molecule has 6 heteroatoms. The summed E-state index contributed by atoms with van der Waals surface area (Å²) in [5, 5.41) is 0. The first-order chi connectivity index (χ1) is 11.9. The summed E-state index contributed by atoms with van der Waals surface area (Å²) in [7, 11) is -1.85. The van der Waals surface area contributed by atoms with Gasteiger partial charge in [-0.2, -0.15) is 4.31 Å². The molecule has 0 N–H and O–H groups in total. The van der Waals surface area contributed by atoms with Crippen LogP contribution in [0.5, 0.6) is 0 Å². The standard InChI is InChI=1S/C19H20N2O3S/c1-14-6-5-7-15(12-14)25(23,24)21-11-10-19(13-21)16-8-3-4-9-17(16)20(2)18(19)22/h3-9,12H,10-11,13H2,1-2H3/t19-/m1/s1. The van der Waals surface area contributed by atoms with E-state index in [1.54, 1.807) is 30.1 Å². The van der Waals surface area contributed by atoms with Crippen molar-refractivity contribution in [2.75, 3.05) is 25.0 Å². The third kappa shape index (κ3) is 2.24. The van der Waals surface area contributed by atoms with E-state index in [-0.39, 0.29) is 17.3 Å². The highest BCUT2D eigenvalue weighted by atomic mass is 32.2. The molecule has 0 aromatic heterocycles. The van der Waals surface area contributed by atoms with Gasteiger partial charge in [0.15, 0.2) is 0 Å². The van der Waals surface area contributed by atoms with Crippen molar-refractivity contribution in [2.45, 2.75) is 23.7 Å². The number of carbonyl (C=O) groups is 1. The van der Waals surface area contributed by atoms with Gasteiger partial charge in [0.2, 0.25) is 15.9 Å². The Kier molecular flexibility index (Phi) is 3.53. The highest BCUT2D eigenvalue weighted by Crippen LogP contribution is 2.47. The Balaban J connectivity index is 1.74. The van der Waals surface area contributed by atoms with Crippen LogP contribution in [0.1, 0.15) is 17.5 Å². The minimum absolute atomic E-state index is 0.0179. The maximum absolute atomic E-state index is 13.0. The molecule has 1 amide bonds. The van der Waals surface area contributed by atoms with Gasteiger partial charge in [-0.1, -0.05) is 30.3 Å². The van der Waals surface area contributed by atoms with Crippen LogP contribution in [0.3, 0.4) is 0 Å². The molecule has 1 atom stereocenters. The molecule has 4 rings (SSSR count). The number of hydrogen-bond donors (Lipinski definition) is 0. The van der Waals surface area contributed by atoms with E-state index >= 15 is 0 Å². The van der Waals surface area contributed by atoms with Gasteiger partial charge in [-0.15, -0.1) is 0 Å². The number of likely N-dealkylation sites (N-methyl/N-ethyl adjacent to an activating group) is 1. The Morgan fingerprint density at radius 3 is 2.60 bits per heavy atom. The summed E-state index contributed by atoms with van der Waals surface area (Å²) in [5.41, 5.74) is 1.95. The van der Waals surface area contributed by atoms with E-state index in [0.717, 1.165) is 16.8 Å². The van der Waals surface area contributed by atoms with Crippen LogP contribution in [0.4, 0.5) is 5.69 Å². The van der Waals surface area contributed by atoms with Crippen molar-refractivity contribution in [3.63, 3.8) is 0 Å². The Labute approximate surface area is 147 Å². The number of benzene rings is 2. The summed E-state index contributed by atoms with van der Waals surface area (Å²) in [4.78, 5) is 14.9. The fraction of sp³-hybridized carbons (Fsp3) is 0.316. The van der Waals surface area contributed by atoms with E-state index in [4.69, 9.17) is 0 Å². The number of sulfonamides is 1. The SMILES string of the molecule is Cc1cccc(S(=O)(=O)N2CC[C@]3(C2)C(=O)N(C)c2ccccc23)c1. The average molecular weight is 356 g/mol. The van der Waals surface area contributed by atoms with Crippen LogP contribution in [0.25, 0.3) is 0 Å². The molecule has 2 aromatic rings. The summed E-state index contributed by atoms with van der Waals surface area (Å²) in [6.07, 6.45) is 0.512. The molecule has 0 unspecified atom stereocenters. The topological polar surface area (TPSA) is 57.7 Å². The molecule has 25 heavy (non-hydrogen) atoms. The Bertz CT molecular complexity index is 970. The minimum atomic E-state index is -3.61. The summed E-state index contributed by atoms with van der Waals surface area (Å²) < 4.78 is 27.5. The molecule has 2 aliphatic rings. The molecule has 2 heterocycles. The van der Waals surface area contributed by atoms with Gasteiger partial charge in [-0.25, -0.2) is 8.42 Å². The van der Waals surface area contributed by atoms with Crippen molar-refractivity contribution in [1.82, 2.24) is 4.31 Å². The summed E-state index contributed by atoms with van der Waals surface area (Å²) >= 11 is 0. The highest BCUT2D eigenvalue weighted by molar-refractivity contribution is 7.89. The molecule has 0 saturated carbocycles. The lowest BCUT2D eigenvalue weighted by atomic mass is 9.81. The number of aryl methyl sites for hydroxylation is 1. The first-order valence-corrected chi connectivity index (χ1v) is 9.75. The summed E-state index contributed by atoms with van der Waals surface area (Å²) in [6.45, 7) is 2.42. The Morgan fingerprint density at radius 1 is 1.08 bits per heavy atom. The van der Waals surface area contributed by atoms with E-state index in [9.17, 15) is 13.2 Å². The van der Waals surface area contributed by atoms with Crippen LogP contribution in [-0.4, -0.2) is 38.8 Å². The van der Waals surface area contributed by atoms with Crippen molar-refractivity contribution in [1.29, 1.82) is 0 Å². The van der Waals surface area contributed by atoms with Crippen LogP contribution < -0.4 is 4.90 Å². The molecule has 1 saturated heterocycles. The number of hydrogen-bond acceptors (Lipinski definition) is 3. The fourth-order valence-electron chi connectivity index (χ4n) is 4.02. The quantitative estimate of drug-likeness (QED) is 0.830. The molecular weight excluding hydrogens is 336 g/mol. The molecule has 0 radical (unpaired) electrons. The van der Waals surface area contributed by atoms with Gasteiger partial charge in [-0.3, -0.25) is 4.79 Å². The van der Waals surface area contributed by atoms with Crippen LogP contribution in [-0.2, 0) is 20.2 Å². The van der Waals surface area contributed by atoms with Crippen LogP contribution in [0, 0.1) is 6.92 Å². The van der Waals surface area contributed by atoms with Gasteiger partial charge < -0.3 is 4.90 Å². The van der Waals surface area contributed by atoms with E-state index < -0.39 is 15.4 Å². The molecule has 5 nitrogen and oxygen atoms in total.